The number of nitrogens with one attached hydrogen (secondary N) is 1. The molecule has 0 unspecified atom stereocenters. The maximum atomic E-state index is 11.8. The lowest BCUT2D eigenvalue weighted by atomic mass is 10.3. The highest BCUT2D eigenvalue weighted by Gasteiger charge is 2.12. The van der Waals surface area contributed by atoms with Gasteiger partial charge in [0.25, 0.3) is 0 Å². The first kappa shape index (κ1) is 12.0. The molecule has 17 heavy (non-hydrogen) atoms. The van der Waals surface area contributed by atoms with E-state index in [0.29, 0.717) is 0 Å². The van der Waals surface area contributed by atoms with Gasteiger partial charge >= 0.3 is 5.69 Å². The number of aryl methyl sites for hydroxylation is 1. The first-order valence-corrected chi connectivity index (χ1v) is 6.80. The minimum absolute atomic E-state index is 0.171. The molecule has 4 nitrogen and oxygen atoms in total. The SMILES string of the molecule is CCCc1n[nH]c(=O)n1-c1ccccc1SC. The molecule has 0 fully saturated rings. The summed E-state index contributed by atoms with van der Waals surface area (Å²) in [5.41, 5.74) is 0.733. The number of hydrogen-bond donors (Lipinski definition) is 1. The summed E-state index contributed by atoms with van der Waals surface area (Å²) in [5, 5.41) is 6.59. The van der Waals surface area contributed by atoms with Gasteiger partial charge in [-0.1, -0.05) is 19.1 Å². The predicted molar refractivity (Wildman–Crippen MR) is 70.0 cm³/mol. The topological polar surface area (TPSA) is 50.7 Å². The number of nitrogens with zero attached hydrogens (tertiary/aromatic N) is 2. The van der Waals surface area contributed by atoms with Gasteiger partial charge in [0.15, 0.2) is 0 Å². The Balaban J connectivity index is 2.59. The molecule has 0 radical (unpaired) electrons. The van der Waals surface area contributed by atoms with Gasteiger partial charge in [-0.05, 0) is 24.8 Å². The van der Waals surface area contributed by atoms with Gasteiger partial charge in [-0.2, -0.15) is 5.10 Å². The fourth-order valence-electron chi connectivity index (χ4n) is 1.78. The van der Waals surface area contributed by atoms with E-state index < -0.39 is 0 Å². The second kappa shape index (κ2) is 5.23. The monoisotopic (exact) mass is 249 g/mol. The molecule has 0 atom stereocenters. The largest absolute Gasteiger partial charge is 0.347 e. The van der Waals surface area contributed by atoms with E-state index in [-0.39, 0.29) is 5.69 Å². The molecule has 0 bridgehead atoms. The number of para-hydroxylation sites is 1. The Morgan fingerprint density at radius 1 is 1.41 bits per heavy atom. The third kappa shape index (κ3) is 2.29. The van der Waals surface area contributed by atoms with Crippen LogP contribution in [-0.2, 0) is 6.42 Å². The summed E-state index contributed by atoms with van der Waals surface area (Å²) < 4.78 is 1.66. The van der Waals surface area contributed by atoms with Crippen LogP contribution in [0.15, 0.2) is 34.0 Å². The third-order valence-corrected chi connectivity index (χ3v) is 3.33. The van der Waals surface area contributed by atoms with Gasteiger partial charge in [0.05, 0.1) is 5.69 Å². The van der Waals surface area contributed by atoms with E-state index in [4.69, 9.17) is 0 Å². The molecule has 0 saturated carbocycles. The van der Waals surface area contributed by atoms with Crippen LogP contribution in [0.25, 0.3) is 5.69 Å². The van der Waals surface area contributed by atoms with Crippen LogP contribution >= 0.6 is 11.8 Å². The number of rotatable bonds is 4. The lowest BCUT2D eigenvalue weighted by Gasteiger charge is -2.08. The molecule has 90 valence electrons. The molecule has 0 aliphatic carbocycles. The number of hydrogen-bond acceptors (Lipinski definition) is 3. The van der Waals surface area contributed by atoms with Crippen LogP contribution in [-0.4, -0.2) is 21.0 Å². The van der Waals surface area contributed by atoms with Gasteiger partial charge < -0.3 is 0 Å². The van der Waals surface area contributed by atoms with Crippen LogP contribution in [0.1, 0.15) is 19.2 Å². The molecule has 2 rings (SSSR count). The molecule has 0 saturated heterocycles. The average Bonchev–Trinajstić information content (AvgIpc) is 2.71. The van der Waals surface area contributed by atoms with Crippen LogP contribution in [0.4, 0.5) is 0 Å². The molecule has 1 heterocycles. The van der Waals surface area contributed by atoms with Crippen LogP contribution in [0.5, 0.6) is 0 Å². The first-order valence-electron chi connectivity index (χ1n) is 5.57. The summed E-state index contributed by atoms with van der Waals surface area (Å²) in [4.78, 5) is 12.9. The summed E-state index contributed by atoms with van der Waals surface area (Å²) in [6, 6.07) is 7.86. The molecule has 1 N–H and O–H groups in total. The van der Waals surface area contributed by atoms with Crippen molar-refractivity contribution in [3.63, 3.8) is 0 Å². The highest BCUT2D eigenvalue weighted by atomic mass is 32.2. The fourth-order valence-corrected chi connectivity index (χ4v) is 2.37. The number of aromatic amines is 1. The number of H-pyrrole nitrogens is 1. The molecule has 0 aliphatic heterocycles. The normalized spacial score (nSPS) is 10.7. The number of benzene rings is 1. The van der Waals surface area contributed by atoms with Crippen molar-refractivity contribution in [1.29, 1.82) is 0 Å². The van der Waals surface area contributed by atoms with Crippen molar-refractivity contribution < 1.29 is 0 Å². The van der Waals surface area contributed by atoms with E-state index in [1.54, 1.807) is 16.3 Å². The van der Waals surface area contributed by atoms with Gasteiger partial charge in [-0.3, -0.25) is 0 Å². The molecule has 0 amide bonds. The maximum Gasteiger partial charge on any atom is 0.347 e. The zero-order valence-corrected chi connectivity index (χ0v) is 10.8. The van der Waals surface area contributed by atoms with Gasteiger partial charge in [0.2, 0.25) is 0 Å². The zero-order chi connectivity index (χ0) is 12.3. The second-order valence-electron chi connectivity index (χ2n) is 3.70. The van der Waals surface area contributed by atoms with E-state index in [1.165, 1.54) is 0 Å². The van der Waals surface area contributed by atoms with Gasteiger partial charge in [-0.25, -0.2) is 14.5 Å². The Kier molecular flexibility index (Phi) is 3.68. The van der Waals surface area contributed by atoms with Crippen molar-refractivity contribution in [3.05, 3.63) is 40.6 Å². The van der Waals surface area contributed by atoms with E-state index >= 15 is 0 Å². The van der Waals surface area contributed by atoms with Crippen LogP contribution < -0.4 is 5.69 Å². The lowest BCUT2D eigenvalue weighted by molar-refractivity contribution is 0.792. The van der Waals surface area contributed by atoms with Crippen molar-refractivity contribution >= 4 is 11.8 Å². The van der Waals surface area contributed by atoms with Crippen molar-refractivity contribution in [1.82, 2.24) is 14.8 Å². The van der Waals surface area contributed by atoms with Gasteiger partial charge in [-0.15, -0.1) is 11.8 Å². The third-order valence-electron chi connectivity index (χ3n) is 2.54. The summed E-state index contributed by atoms with van der Waals surface area (Å²) in [5.74, 6) is 0.791. The maximum absolute atomic E-state index is 11.8. The molecule has 2 aromatic rings. The highest BCUT2D eigenvalue weighted by molar-refractivity contribution is 7.98. The smallest absolute Gasteiger partial charge is 0.246 e. The fraction of sp³-hybridized carbons (Fsp3) is 0.333. The predicted octanol–water partition coefficient (Wildman–Crippen LogP) is 2.24. The summed E-state index contributed by atoms with van der Waals surface area (Å²) in [6.07, 6.45) is 3.76. The molecular formula is C12H15N3OS. The van der Waals surface area contributed by atoms with Crippen molar-refractivity contribution in [2.75, 3.05) is 6.26 Å². The molecule has 1 aromatic carbocycles. The summed E-state index contributed by atoms with van der Waals surface area (Å²) in [7, 11) is 0. The summed E-state index contributed by atoms with van der Waals surface area (Å²) >= 11 is 1.63. The van der Waals surface area contributed by atoms with E-state index in [9.17, 15) is 4.79 Å². The van der Waals surface area contributed by atoms with Crippen molar-refractivity contribution in [2.24, 2.45) is 0 Å². The Hall–Kier alpha value is -1.49. The summed E-state index contributed by atoms with van der Waals surface area (Å²) in [6.45, 7) is 2.07. The molecular weight excluding hydrogens is 234 g/mol. The molecule has 1 aromatic heterocycles. The molecule has 0 spiro atoms. The minimum atomic E-state index is -0.171. The second-order valence-corrected chi connectivity index (χ2v) is 4.55. The standard InChI is InChI=1S/C12H15N3OS/c1-3-6-11-13-14-12(16)15(11)9-7-4-5-8-10(9)17-2/h4-5,7-8H,3,6H2,1-2H3,(H,14,16). The Morgan fingerprint density at radius 3 is 2.88 bits per heavy atom. The van der Waals surface area contributed by atoms with Crippen molar-refractivity contribution in [3.8, 4) is 5.69 Å². The average molecular weight is 249 g/mol. The van der Waals surface area contributed by atoms with Gasteiger partial charge in [0.1, 0.15) is 5.82 Å². The van der Waals surface area contributed by atoms with E-state index in [1.807, 2.05) is 30.5 Å². The number of thioether (sulfide) groups is 1. The zero-order valence-electron chi connectivity index (χ0n) is 9.93. The van der Waals surface area contributed by atoms with Gasteiger partial charge in [0, 0.05) is 11.3 Å². The van der Waals surface area contributed by atoms with Crippen molar-refractivity contribution in [2.45, 2.75) is 24.7 Å². The minimum Gasteiger partial charge on any atom is -0.246 e. The Bertz CT molecular complexity index is 559. The quantitative estimate of drug-likeness (QED) is 0.845. The van der Waals surface area contributed by atoms with E-state index in [2.05, 4.69) is 17.1 Å². The number of aromatic nitrogens is 3. The first-order chi connectivity index (χ1) is 8.27. The van der Waals surface area contributed by atoms with Crippen LogP contribution in [0.3, 0.4) is 0 Å². The Labute approximate surface area is 104 Å². The van der Waals surface area contributed by atoms with Crippen LogP contribution in [0.2, 0.25) is 0 Å². The highest BCUT2D eigenvalue weighted by Crippen LogP contribution is 2.23. The van der Waals surface area contributed by atoms with E-state index in [0.717, 1.165) is 29.2 Å². The van der Waals surface area contributed by atoms with Crippen LogP contribution in [0, 0.1) is 0 Å². The molecule has 5 heteroatoms. The Morgan fingerprint density at radius 2 is 2.18 bits per heavy atom. The molecule has 0 aliphatic rings. The lowest BCUT2D eigenvalue weighted by Crippen LogP contribution is -2.17.